The predicted molar refractivity (Wildman–Crippen MR) is 82.1 cm³/mol. The van der Waals surface area contributed by atoms with Crippen LogP contribution in [0.5, 0.6) is 0 Å². The number of hydrogen-bond acceptors (Lipinski definition) is 4. The zero-order valence-electron chi connectivity index (χ0n) is 12.4. The summed E-state index contributed by atoms with van der Waals surface area (Å²) in [6.45, 7) is 3.37. The molecule has 0 aromatic heterocycles. The largest absolute Gasteiger partial charge is 0.462 e. The first-order valence-corrected chi connectivity index (χ1v) is 6.86. The van der Waals surface area contributed by atoms with Crippen molar-refractivity contribution in [3.63, 3.8) is 0 Å². The van der Waals surface area contributed by atoms with E-state index >= 15 is 0 Å². The summed E-state index contributed by atoms with van der Waals surface area (Å²) in [6.07, 6.45) is 0. The normalized spacial score (nSPS) is 10.1. The van der Waals surface area contributed by atoms with Gasteiger partial charge in [0, 0.05) is 5.56 Å². The van der Waals surface area contributed by atoms with Gasteiger partial charge < -0.3 is 10.1 Å². The van der Waals surface area contributed by atoms with Crippen LogP contribution in [0.1, 0.15) is 34.6 Å². The van der Waals surface area contributed by atoms with Crippen molar-refractivity contribution in [2.24, 2.45) is 0 Å². The van der Waals surface area contributed by atoms with Crippen LogP contribution in [0.15, 0.2) is 42.5 Å². The molecule has 2 rings (SSSR count). The lowest BCUT2D eigenvalue weighted by Gasteiger charge is -2.12. The molecule has 114 valence electrons. The molecule has 2 aromatic carbocycles. The predicted octanol–water partition coefficient (Wildman–Crippen LogP) is 3.95. The summed E-state index contributed by atoms with van der Waals surface area (Å²) in [6, 6.07) is 10.7. The van der Waals surface area contributed by atoms with Crippen molar-refractivity contribution in [1.29, 1.82) is 0 Å². The minimum atomic E-state index is -0.510. The third kappa shape index (κ3) is 3.49. The van der Waals surface area contributed by atoms with Crippen molar-refractivity contribution >= 4 is 23.1 Å². The number of ketones is 1. The Bertz CT molecular complexity index is 713. The lowest BCUT2D eigenvalue weighted by atomic mass is 10.1. The van der Waals surface area contributed by atoms with Crippen molar-refractivity contribution < 1.29 is 18.7 Å². The van der Waals surface area contributed by atoms with Crippen molar-refractivity contribution in [3.8, 4) is 0 Å². The van der Waals surface area contributed by atoms with E-state index in [1.165, 1.54) is 25.1 Å². The Balaban J connectivity index is 2.37. The molecule has 0 radical (unpaired) electrons. The lowest BCUT2D eigenvalue weighted by Crippen LogP contribution is -2.08. The maximum absolute atomic E-state index is 13.9. The molecular weight excluding hydrogens is 285 g/mol. The van der Waals surface area contributed by atoms with Gasteiger partial charge in [0.25, 0.3) is 0 Å². The third-order valence-electron chi connectivity index (χ3n) is 3.06. The molecule has 2 aromatic rings. The van der Waals surface area contributed by atoms with Gasteiger partial charge in [-0.2, -0.15) is 0 Å². The Morgan fingerprint density at radius 2 is 1.86 bits per heavy atom. The van der Waals surface area contributed by atoms with Gasteiger partial charge in [-0.25, -0.2) is 9.18 Å². The first kappa shape index (κ1) is 15.7. The molecule has 1 N–H and O–H groups in total. The number of nitrogens with one attached hydrogen (secondary N) is 1. The first-order valence-electron chi connectivity index (χ1n) is 6.86. The Kier molecular flexibility index (Phi) is 4.88. The second-order valence-corrected chi connectivity index (χ2v) is 4.64. The fraction of sp³-hybridized carbons (Fsp3) is 0.176. The maximum Gasteiger partial charge on any atom is 0.340 e. The highest BCUT2D eigenvalue weighted by atomic mass is 19.1. The molecule has 0 saturated heterocycles. The summed E-state index contributed by atoms with van der Waals surface area (Å²) in [5.74, 6) is -1.17. The number of carbonyl (C=O) groups excluding carboxylic acids is 2. The number of para-hydroxylation sites is 1. The van der Waals surface area contributed by atoms with Gasteiger partial charge in [-0.1, -0.05) is 12.1 Å². The summed E-state index contributed by atoms with van der Waals surface area (Å²) in [7, 11) is 0. The van der Waals surface area contributed by atoms with Crippen LogP contribution < -0.4 is 5.32 Å². The Morgan fingerprint density at radius 3 is 2.55 bits per heavy atom. The molecule has 4 nitrogen and oxygen atoms in total. The number of benzene rings is 2. The highest BCUT2D eigenvalue weighted by Gasteiger charge is 2.14. The summed E-state index contributed by atoms with van der Waals surface area (Å²) in [5.41, 5.74) is 1.24. The Hall–Kier alpha value is -2.69. The molecule has 0 saturated carbocycles. The van der Waals surface area contributed by atoms with Gasteiger partial charge in [-0.3, -0.25) is 4.79 Å². The molecule has 0 unspecified atom stereocenters. The fourth-order valence-electron chi connectivity index (χ4n) is 1.96. The zero-order chi connectivity index (χ0) is 16.1. The number of ether oxygens (including phenoxy) is 1. The van der Waals surface area contributed by atoms with Crippen molar-refractivity contribution in [2.75, 3.05) is 11.9 Å². The number of carbonyl (C=O) groups is 2. The molecule has 0 aliphatic carbocycles. The van der Waals surface area contributed by atoms with Gasteiger partial charge in [0.2, 0.25) is 0 Å². The van der Waals surface area contributed by atoms with E-state index < -0.39 is 11.8 Å². The molecular formula is C17H16FNO3. The number of hydrogen-bond donors (Lipinski definition) is 1. The third-order valence-corrected chi connectivity index (χ3v) is 3.06. The minimum absolute atomic E-state index is 0.129. The van der Waals surface area contributed by atoms with Gasteiger partial charge in [0.15, 0.2) is 5.78 Å². The molecule has 0 amide bonds. The highest BCUT2D eigenvalue weighted by Crippen LogP contribution is 2.25. The zero-order valence-corrected chi connectivity index (χ0v) is 12.4. The first-order chi connectivity index (χ1) is 10.5. The SMILES string of the molecule is CCOC(=O)c1ccccc1Nc1cc(C(C)=O)ccc1F. The number of anilines is 2. The average molecular weight is 301 g/mol. The number of halogens is 1. The summed E-state index contributed by atoms with van der Waals surface area (Å²) in [5, 5.41) is 2.85. The van der Waals surface area contributed by atoms with Gasteiger partial charge in [0.1, 0.15) is 5.82 Å². The van der Waals surface area contributed by atoms with E-state index in [1.54, 1.807) is 31.2 Å². The molecule has 0 atom stereocenters. The van der Waals surface area contributed by atoms with Crippen LogP contribution in [0.4, 0.5) is 15.8 Å². The van der Waals surface area contributed by atoms with Crippen LogP contribution in [-0.2, 0) is 4.74 Å². The minimum Gasteiger partial charge on any atom is -0.462 e. The second kappa shape index (κ2) is 6.85. The van der Waals surface area contributed by atoms with Gasteiger partial charge >= 0.3 is 5.97 Å². The summed E-state index contributed by atoms with van der Waals surface area (Å²) >= 11 is 0. The van der Waals surface area contributed by atoms with Crippen LogP contribution in [-0.4, -0.2) is 18.4 Å². The van der Waals surface area contributed by atoms with E-state index in [4.69, 9.17) is 4.74 Å². The lowest BCUT2D eigenvalue weighted by molar-refractivity contribution is 0.0527. The standard InChI is InChI=1S/C17H16FNO3/c1-3-22-17(21)13-6-4-5-7-15(13)19-16-10-12(11(2)20)8-9-14(16)18/h4-10,19H,3H2,1-2H3. The van der Waals surface area contributed by atoms with Crippen LogP contribution >= 0.6 is 0 Å². The molecule has 22 heavy (non-hydrogen) atoms. The smallest absolute Gasteiger partial charge is 0.340 e. The summed E-state index contributed by atoms with van der Waals surface area (Å²) < 4.78 is 18.9. The van der Waals surface area contributed by atoms with Crippen LogP contribution in [0.3, 0.4) is 0 Å². The van der Waals surface area contributed by atoms with Gasteiger partial charge in [-0.15, -0.1) is 0 Å². The van der Waals surface area contributed by atoms with E-state index in [-0.39, 0.29) is 18.1 Å². The van der Waals surface area contributed by atoms with Crippen molar-refractivity contribution in [3.05, 3.63) is 59.4 Å². The quantitative estimate of drug-likeness (QED) is 0.671. The monoisotopic (exact) mass is 301 g/mol. The van der Waals surface area contributed by atoms with E-state index in [0.29, 0.717) is 16.8 Å². The number of esters is 1. The molecule has 0 aliphatic heterocycles. The molecule has 0 fully saturated rings. The fourth-order valence-corrected chi connectivity index (χ4v) is 1.96. The average Bonchev–Trinajstić information content (AvgIpc) is 2.50. The summed E-state index contributed by atoms with van der Waals surface area (Å²) in [4.78, 5) is 23.3. The van der Waals surface area contributed by atoms with Crippen LogP contribution in [0.25, 0.3) is 0 Å². The Morgan fingerprint density at radius 1 is 1.14 bits per heavy atom. The van der Waals surface area contributed by atoms with Crippen molar-refractivity contribution in [2.45, 2.75) is 13.8 Å². The molecule has 0 heterocycles. The molecule has 0 bridgehead atoms. The van der Waals surface area contributed by atoms with Crippen molar-refractivity contribution in [1.82, 2.24) is 0 Å². The second-order valence-electron chi connectivity index (χ2n) is 4.64. The number of Topliss-reactive ketones (excluding diaryl/α,β-unsaturated/α-hetero) is 1. The van der Waals surface area contributed by atoms with E-state index in [2.05, 4.69) is 5.32 Å². The molecule has 0 spiro atoms. The van der Waals surface area contributed by atoms with Crippen LogP contribution in [0.2, 0.25) is 0 Å². The van der Waals surface area contributed by atoms with E-state index in [0.717, 1.165) is 0 Å². The Labute approximate surface area is 127 Å². The van der Waals surface area contributed by atoms with Crippen LogP contribution in [0, 0.1) is 5.82 Å². The van der Waals surface area contributed by atoms with Gasteiger partial charge in [-0.05, 0) is 44.2 Å². The topological polar surface area (TPSA) is 55.4 Å². The van der Waals surface area contributed by atoms with E-state index in [9.17, 15) is 14.0 Å². The highest BCUT2D eigenvalue weighted by molar-refractivity contribution is 5.97. The van der Waals surface area contributed by atoms with E-state index in [1.807, 2.05) is 0 Å². The maximum atomic E-state index is 13.9. The molecule has 5 heteroatoms. The number of rotatable bonds is 5. The van der Waals surface area contributed by atoms with Gasteiger partial charge in [0.05, 0.1) is 23.5 Å². The molecule has 0 aliphatic rings.